The molecule has 0 amide bonds. The third-order valence-corrected chi connectivity index (χ3v) is 5.50. The average Bonchev–Trinajstić information content (AvgIpc) is 2.78. The highest BCUT2D eigenvalue weighted by Crippen LogP contribution is 2.22. The highest BCUT2D eigenvalue weighted by Gasteiger charge is 2.25. The molecule has 0 radical (unpaired) electrons. The fraction of sp³-hybridized carbons (Fsp3) is 0.125. The first-order valence-corrected chi connectivity index (χ1v) is 8.51. The van der Waals surface area contributed by atoms with Gasteiger partial charge in [0.05, 0.1) is 15.9 Å². The average molecular weight is 345 g/mol. The Morgan fingerprint density at radius 3 is 2.46 bits per heavy atom. The van der Waals surface area contributed by atoms with E-state index in [9.17, 15) is 18.0 Å². The van der Waals surface area contributed by atoms with Gasteiger partial charge < -0.3 is 5.73 Å². The monoisotopic (exact) mass is 345 g/mol. The van der Waals surface area contributed by atoms with Crippen LogP contribution in [0.1, 0.15) is 17.3 Å². The summed E-state index contributed by atoms with van der Waals surface area (Å²) in [5.74, 6) is -0.262. The van der Waals surface area contributed by atoms with Crippen molar-refractivity contribution in [2.24, 2.45) is 7.05 Å². The van der Waals surface area contributed by atoms with E-state index in [1.54, 1.807) is 12.1 Å². The first-order chi connectivity index (χ1) is 11.2. The third-order valence-electron chi connectivity index (χ3n) is 3.82. The van der Waals surface area contributed by atoms with E-state index < -0.39 is 15.7 Å². The minimum atomic E-state index is -4.17. The van der Waals surface area contributed by atoms with Crippen molar-refractivity contribution in [1.82, 2.24) is 8.54 Å². The highest BCUT2D eigenvalue weighted by molar-refractivity contribution is 7.90. The van der Waals surface area contributed by atoms with E-state index in [1.807, 2.05) is 0 Å². The van der Waals surface area contributed by atoms with Crippen LogP contribution in [0.25, 0.3) is 11.0 Å². The lowest BCUT2D eigenvalue weighted by Gasteiger charge is -2.07. The summed E-state index contributed by atoms with van der Waals surface area (Å²) < 4.78 is 27.9. The fourth-order valence-electron chi connectivity index (χ4n) is 2.54. The first kappa shape index (κ1) is 16.0. The number of hydrogen-bond donors (Lipinski definition) is 1. The zero-order chi connectivity index (χ0) is 17.6. The minimum Gasteiger partial charge on any atom is -0.399 e. The number of aryl methyl sites for hydroxylation is 1. The van der Waals surface area contributed by atoms with Crippen LogP contribution in [0.3, 0.4) is 0 Å². The molecule has 0 fully saturated rings. The molecule has 0 saturated carbocycles. The molecule has 0 aliphatic heterocycles. The van der Waals surface area contributed by atoms with E-state index in [-0.39, 0.29) is 21.8 Å². The maximum atomic E-state index is 13.0. The number of carbonyl (C=O) groups is 1. The molecule has 24 heavy (non-hydrogen) atoms. The van der Waals surface area contributed by atoms with E-state index in [0.717, 1.165) is 0 Å². The Labute approximate surface area is 138 Å². The van der Waals surface area contributed by atoms with Crippen LogP contribution in [0, 0.1) is 0 Å². The van der Waals surface area contributed by atoms with Crippen molar-refractivity contribution in [1.29, 1.82) is 0 Å². The summed E-state index contributed by atoms with van der Waals surface area (Å²) in [4.78, 5) is 23.9. The fourth-order valence-corrected chi connectivity index (χ4v) is 4.01. The van der Waals surface area contributed by atoms with Crippen LogP contribution in [0.15, 0.2) is 52.2 Å². The molecule has 2 N–H and O–H groups in total. The lowest BCUT2D eigenvalue weighted by molar-refractivity contribution is 0.101. The van der Waals surface area contributed by atoms with Gasteiger partial charge in [-0.25, -0.2) is 13.2 Å². The van der Waals surface area contributed by atoms with E-state index in [1.165, 1.54) is 48.9 Å². The van der Waals surface area contributed by atoms with Crippen LogP contribution < -0.4 is 11.4 Å². The number of benzene rings is 2. The Balaban J connectivity index is 2.36. The van der Waals surface area contributed by atoms with Crippen LogP contribution in [0.5, 0.6) is 0 Å². The molecule has 3 rings (SSSR count). The van der Waals surface area contributed by atoms with Gasteiger partial charge in [0.15, 0.2) is 5.78 Å². The Morgan fingerprint density at radius 2 is 1.79 bits per heavy atom. The Bertz CT molecular complexity index is 1140. The van der Waals surface area contributed by atoms with Gasteiger partial charge in [0.1, 0.15) is 0 Å². The molecule has 0 atom stereocenters. The van der Waals surface area contributed by atoms with Crippen LogP contribution in [-0.4, -0.2) is 22.7 Å². The van der Waals surface area contributed by atoms with E-state index >= 15 is 0 Å². The number of carbonyl (C=O) groups excluding carboxylic acids is 1. The zero-order valence-corrected chi connectivity index (χ0v) is 13.9. The lowest BCUT2D eigenvalue weighted by Crippen LogP contribution is -2.28. The maximum absolute atomic E-state index is 13.0. The second-order valence-electron chi connectivity index (χ2n) is 5.44. The Kier molecular flexibility index (Phi) is 3.56. The normalized spacial score (nSPS) is 11.8. The topological polar surface area (TPSA) is 104 Å². The summed E-state index contributed by atoms with van der Waals surface area (Å²) in [6, 6.07) is 10.2. The van der Waals surface area contributed by atoms with Crippen molar-refractivity contribution in [2.45, 2.75) is 11.8 Å². The zero-order valence-electron chi connectivity index (χ0n) is 13.1. The Hall–Kier alpha value is -2.87. The minimum absolute atomic E-state index is 0.132. The van der Waals surface area contributed by atoms with E-state index in [4.69, 9.17) is 5.73 Å². The first-order valence-electron chi connectivity index (χ1n) is 7.07. The molecule has 2 aromatic carbocycles. The third kappa shape index (κ3) is 2.31. The molecule has 0 unspecified atom stereocenters. The number of aromatic nitrogens is 2. The number of hydrogen-bond acceptors (Lipinski definition) is 5. The van der Waals surface area contributed by atoms with Crippen LogP contribution >= 0.6 is 0 Å². The van der Waals surface area contributed by atoms with Gasteiger partial charge in [0.25, 0.3) is 10.0 Å². The molecule has 3 aromatic rings. The summed E-state index contributed by atoms with van der Waals surface area (Å²) in [7, 11) is -2.69. The molecule has 0 aliphatic carbocycles. The molecule has 0 aliphatic rings. The van der Waals surface area contributed by atoms with Crippen molar-refractivity contribution in [2.75, 3.05) is 5.73 Å². The molecule has 8 heteroatoms. The quantitative estimate of drug-likeness (QED) is 0.570. The van der Waals surface area contributed by atoms with Crippen LogP contribution in [0.4, 0.5) is 5.69 Å². The second kappa shape index (κ2) is 5.34. The van der Waals surface area contributed by atoms with Gasteiger partial charge in [-0.05, 0) is 37.3 Å². The lowest BCUT2D eigenvalue weighted by atomic mass is 10.2. The smallest absolute Gasteiger partial charge is 0.343 e. The number of fused-ring (bicyclic) bond motifs is 1. The number of nitrogen functional groups attached to an aromatic ring is 1. The number of rotatable bonds is 3. The maximum Gasteiger partial charge on any atom is 0.343 e. The van der Waals surface area contributed by atoms with Crippen molar-refractivity contribution >= 4 is 32.5 Å². The molecule has 124 valence electrons. The summed E-state index contributed by atoms with van der Waals surface area (Å²) in [6.45, 7) is 1.34. The number of anilines is 1. The molecule has 0 saturated heterocycles. The van der Waals surface area contributed by atoms with Crippen molar-refractivity contribution < 1.29 is 13.2 Å². The highest BCUT2D eigenvalue weighted by atomic mass is 32.2. The van der Waals surface area contributed by atoms with Gasteiger partial charge in [-0.1, -0.05) is 12.1 Å². The predicted molar refractivity (Wildman–Crippen MR) is 90.6 cm³/mol. The molecule has 1 aromatic heterocycles. The summed E-state index contributed by atoms with van der Waals surface area (Å²) in [6.07, 6.45) is 0. The van der Waals surface area contributed by atoms with Crippen LogP contribution in [0.2, 0.25) is 0 Å². The standard InChI is InChI=1S/C16H15N3O4S/c1-10(20)11-4-3-5-13(8-11)24(22,23)19-15-9-12(17)6-7-14(15)18(2)16(19)21/h3-9H,17H2,1-2H3. The van der Waals surface area contributed by atoms with E-state index in [2.05, 4.69) is 0 Å². The number of ketones is 1. The summed E-state index contributed by atoms with van der Waals surface area (Å²) in [5.41, 5.74) is 6.26. The van der Waals surface area contributed by atoms with Gasteiger partial charge >= 0.3 is 5.69 Å². The van der Waals surface area contributed by atoms with Crippen molar-refractivity contribution in [3.63, 3.8) is 0 Å². The molecular weight excluding hydrogens is 330 g/mol. The molecule has 1 heterocycles. The van der Waals surface area contributed by atoms with Gasteiger partial charge in [0, 0.05) is 18.3 Å². The van der Waals surface area contributed by atoms with Gasteiger partial charge in [-0.15, -0.1) is 0 Å². The predicted octanol–water partition coefficient (Wildman–Crippen LogP) is 1.36. The Morgan fingerprint density at radius 1 is 1.08 bits per heavy atom. The summed E-state index contributed by atoms with van der Waals surface area (Å²) >= 11 is 0. The number of imidazole rings is 1. The largest absolute Gasteiger partial charge is 0.399 e. The molecular formula is C16H15N3O4S. The number of nitrogens with zero attached hydrogens (tertiary/aromatic N) is 2. The van der Waals surface area contributed by atoms with Gasteiger partial charge in [-0.2, -0.15) is 3.97 Å². The number of Topliss-reactive ketones (excluding diaryl/α,β-unsaturated/α-hetero) is 1. The summed E-state index contributed by atoms with van der Waals surface area (Å²) in [5, 5.41) is 0. The van der Waals surface area contributed by atoms with Gasteiger partial charge in [-0.3, -0.25) is 9.36 Å². The molecule has 0 spiro atoms. The van der Waals surface area contributed by atoms with Crippen LogP contribution in [-0.2, 0) is 17.1 Å². The number of nitrogens with two attached hydrogens (primary N) is 1. The van der Waals surface area contributed by atoms with Gasteiger partial charge in [0.2, 0.25) is 0 Å². The molecule has 0 bridgehead atoms. The van der Waals surface area contributed by atoms with Crippen molar-refractivity contribution in [3.8, 4) is 0 Å². The SMILES string of the molecule is CC(=O)c1cccc(S(=O)(=O)n2c(=O)n(C)c3ccc(N)cc32)c1. The second-order valence-corrected chi connectivity index (χ2v) is 7.23. The molecule has 7 nitrogen and oxygen atoms in total. The van der Waals surface area contributed by atoms with E-state index in [0.29, 0.717) is 15.2 Å². The van der Waals surface area contributed by atoms with Crippen molar-refractivity contribution in [3.05, 3.63) is 58.5 Å².